The number of hydrogen-bond acceptors (Lipinski definition) is 6. The van der Waals surface area contributed by atoms with Crippen molar-refractivity contribution in [3.8, 4) is 5.75 Å². The highest BCUT2D eigenvalue weighted by Gasteiger charge is 2.53. The maximum Gasteiger partial charge on any atom is 0.266 e. The van der Waals surface area contributed by atoms with Crippen LogP contribution < -0.4 is 15.6 Å². The first kappa shape index (κ1) is 31.8. The van der Waals surface area contributed by atoms with Crippen LogP contribution in [0.2, 0.25) is 0 Å². The smallest absolute Gasteiger partial charge is 0.266 e. The molecule has 1 amide bonds. The third-order valence-electron chi connectivity index (χ3n) is 7.10. The van der Waals surface area contributed by atoms with Gasteiger partial charge < -0.3 is 14.6 Å². The van der Waals surface area contributed by atoms with Gasteiger partial charge in [-0.2, -0.15) is 0 Å². The molecule has 0 saturated heterocycles. The van der Waals surface area contributed by atoms with E-state index in [1.54, 1.807) is 24.3 Å². The fraction of sp³-hybridized carbons (Fsp3) is 0.212. The van der Waals surface area contributed by atoms with Crippen LogP contribution in [0, 0.1) is 11.6 Å². The molecule has 0 aromatic heterocycles. The average molecular weight is 729 g/mol. The van der Waals surface area contributed by atoms with Gasteiger partial charge in [0.05, 0.1) is 6.61 Å². The molecule has 2 atom stereocenters. The minimum absolute atomic E-state index is 0.0392. The number of nitrogens with one attached hydrogen (secondary N) is 2. The minimum atomic E-state index is -1.47. The van der Waals surface area contributed by atoms with Crippen LogP contribution in [0.5, 0.6) is 5.75 Å². The summed E-state index contributed by atoms with van der Waals surface area (Å²) in [4.78, 5) is 19.3. The number of aliphatic hydroxyl groups is 1. The predicted molar refractivity (Wildman–Crippen MR) is 170 cm³/mol. The number of carbonyl (C=O) groups excluding carboxylic acids is 1. The molecule has 1 aliphatic heterocycles. The molecule has 44 heavy (non-hydrogen) atoms. The third-order valence-corrected chi connectivity index (χ3v) is 8.40. The van der Waals surface area contributed by atoms with Gasteiger partial charge >= 0.3 is 0 Å². The van der Waals surface area contributed by atoms with Gasteiger partial charge in [-0.05, 0) is 71.3 Å². The lowest BCUT2D eigenvalue weighted by atomic mass is 9.82. The van der Waals surface area contributed by atoms with E-state index in [4.69, 9.17) is 19.6 Å². The fourth-order valence-electron chi connectivity index (χ4n) is 4.84. The van der Waals surface area contributed by atoms with E-state index in [0.717, 1.165) is 32.2 Å². The van der Waals surface area contributed by atoms with Gasteiger partial charge in [0.15, 0.2) is 23.3 Å². The van der Waals surface area contributed by atoms with Crippen LogP contribution in [0.25, 0.3) is 0 Å². The SMILES string of the molecule is O=C(NNCc1ccc(F)c(F)c1)[C@@]1(Cc2ccccc2Br)N=C(c2ccc(OCCCO)cc2)O[C@H]1c1ccc(Br)cc1. The van der Waals surface area contributed by atoms with E-state index in [-0.39, 0.29) is 25.5 Å². The Morgan fingerprint density at radius 2 is 1.73 bits per heavy atom. The van der Waals surface area contributed by atoms with Crippen molar-refractivity contribution in [3.05, 3.63) is 134 Å². The molecule has 5 rings (SSSR count). The zero-order valence-corrected chi connectivity index (χ0v) is 26.6. The number of benzene rings is 4. The van der Waals surface area contributed by atoms with E-state index in [1.165, 1.54) is 6.07 Å². The molecule has 4 aromatic rings. The second-order valence-corrected chi connectivity index (χ2v) is 11.9. The fourth-order valence-corrected chi connectivity index (χ4v) is 5.53. The molecule has 1 heterocycles. The Kier molecular flexibility index (Phi) is 10.4. The molecule has 0 radical (unpaired) electrons. The van der Waals surface area contributed by atoms with Gasteiger partial charge in [-0.1, -0.05) is 68.3 Å². The van der Waals surface area contributed by atoms with Gasteiger partial charge in [0.2, 0.25) is 5.90 Å². The molecule has 3 N–H and O–H groups in total. The van der Waals surface area contributed by atoms with Gasteiger partial charge in [-0.15, -0.1) is 0 Å². The Bertz CT molecular complexity index is 1640. The molecular formula is C33H29Br2F2N3O4. The normalized spacial score (nSPS) is 17.6. The quantitative estimate of drug-likeness (QED) is 0.113. The van der Waals surface area contributed by atoms with Crippen LogP contribution in [0.4, 0.5) is 8.78 Å². The molecular weight excluding hydrogens is 700 g/mol. The number of aliphatic imine (C=N–C) groups is 1. The third kappa shape index (κ3) is 7.35. The number of halogens is 4. The Balaban J connectivity index is 1.51. The van der Waals surface area contributed by atoms with Crippen molar-refractivity contribution < 1.29 is 28.2 Å². The summed E-state index contributed by atoms with van der Waals surface area (Å²) in [5.74, 6) is -1.48. The Labute approximate surface area is 270 Å². The van der Waals surface area contributed by atoms with E-state index < -0.39 is 29.2 Å². The van der Waals surface area contributed by atoms with Gasteiger partial charge in [0, 0.05) is 40.5 Å². The lowest BCUT2D eigenvalue weighted by molar-refractivity contribution is -0.130. The van der Waals surface area contributed by atoms with Crippen molar-refractivity contribution in [2.75, 3.05) is 13.2 Å². The summed E-state index contributed by atoms with van der Waals surface area (Å²) >= 11 is 7.09. The van der Waals surface area contributed by atoms with E-state index >= 15 is 0 Å². The maximum absolute atomic E-state index is 14.3. The zero-order chi connectivity index (χ0) is 31.1. The predicted octanol–water partition coefficient (Wildman–Crippen LogP) is 6.57. The molecule has 11 heteroatoms. The van der Waals surface area contributed by atoms with Crippen molar-refractivity contribution in [2.24, 2.45) is 4.99 Å². The number of carbonyl (C=O) groups is 1. The van der Waals surface area contributed by atoms with Crippen LogP contribution in [-0.4, -0.2) is 35.7 Å². The van der Waals surface area contributed by atoms with Crippen LogP contribution in [0.3, 0.4) is 0 Å². The summed E-state index contributed by atoms with van der Waals surface area (Å²) in [5.41, 5.74) is 6.81. The summed E-state index contributed by atoms with van der Waals surface area (Å²) in [7, 11) is 0. The van der Waals surface area contributed by atoms with E-state index in [2.05, 4.69) is 42.7 Å². The van der Waals surface area contributed by atoms with Crippen molar-refractivity contribution in [3.63, 3.8) is 0 Å². The van der Waals surface area contributed by atoms with Crippen LogP contribution in [0.15, 0.2) is 105 Å². The van der Waals surface area contributed by atoms with Crippen molar-refractivity contribution in [2.45, 2.75) is 31.0 Å². The largest absolute Gasteiger partial charge is 0.494 e. The van der Waals surface area contributed by atoms with Gasteiger partial charge in [-0.3, -0.25) is 10.2 Å². The molecule has 0 saturated carbocycles. The lowest BCUT2D eigenvalue weighted by Gasteiger charge is -2.31. The number of hydrazine groups is 1. The number of rotatable bonds is 12. The maximum atomic E-state index is 14.3. The first-order chi connectivity index (χ1) is 21.3. The summed E-state index contributed by atoms with van der Waals surface area (Å²) in [5, 5.41) is 9.03. The molecule has 4 aromatic carbocycles. The monoisotopic (exact) mass is 727 g/mol. The molecule has 0 aliphatic carbocycles. The highest BCUT2D eigenvalue weighted by atomic mass is 79.9. The number of hydrogen-bond donors (Lipinski definition) is 3. The van der Waals surface area contributed by atoms with Crippen molar-refractivity contribution in [1.82, 2.24) is 10.9 Å². The Morgan fingerprint density at radius 1 is 0.977 bits per heavy atom. The zero-order valence-electron chi connectivity index (χ0n) is 23.4. The summed E-state index contributed by atoms with van der Waals surface area (Å²) in [6, 6.07) is 25.8. The first-order valence-electron chi connectivity index (χ1n) is 13.9. The second kappa shape index (κ2) is 14.4. The Hall–Kier alpha value is -3.64. The van der Waals surface area contributed by atoms with Crippen LogP contribution in [0.1, 0.15) is 34.8 Å². The van der Waals surface area contributed by atoms with Gasteiger partial charge in [0.25, 0.3) is 5.91 Å². The van der Waals surface area contributed by atoms with E-state index in [9.17, 15) is 13.6 Å². The molecule has 0 unspecified atom stereocenters. The van der Waals surface area contributed by atoms with Gasteiger partial charge in [-0.25, -0.2) is 19.2 Å². The topological polar surface area (TPSA) is 92.2 Å². The van der Waals surface area contributed by atoms with E-state index in [1.807, 2.05) is 48.5 Å². The molecule has 228 valence electrons. The lowest BCUT2D eigenvalue weighted by Crippen LogP contribution is -2.53. The molecule has 0 fully saturated rings. The molecule has 0 bridgehead atoms. The first-order valence-corrected chi connectivity index (χ1v) is 15.4. The number of amides is 1. The number of ether oxygens (including phenoxy) is 2. The molecule has 1 aliphatic rings. The standard InChI is InChI=1S/C33H29Br2F2N3O4/c34-25-11-7-22(8-12-25)30-33(19-24-4-1-2-5-27(24)35,32(42)40-38-20-21-6-15-28(36)29(37)18-21)39-31(44-30)23-9-13-26(14-10-23)43-17-3-16-41/h1-2,4-15,18,30,38,41H,3,16-17,19-20H2,(H,40,42)/t30-,33-/m0/s1. The molecule has 7 nitrogen and oxygen atoms in total. The van der Waals surface area contributed by atoms with Crippen LogP contribution >= 0.6 is 31.9 Å². The summed E-state index contributed by atoms with van der Waals surface area (Å²) in [6.07, 6.45) is -0.119. The van der Waals surface area contributed by atoms with Crippen molar-refractivity contribution in [1.29, 1.82) is 0 Å². The molecule has 0 spiro atoms. The summed E-state index contributed by atoms with van der Waals surface area (Å²) in [6.45, 7) is 0.468. The number of nitrogens with zero attached hydrogens (tertiary/aromatic N) is 1. The number of aliphatic hydroxyl groups excluding tert-OH is 1. The average Bonchev–Trinajstić information content (AvgIpc) is 3.41. The Morgan fingerprint density at radius 3 is 2.43 bits per heavy atom. The summed E-state index contributed by atoms with van der Waals surface area (Å²) < 4.78 is 41.1. The van der Waals surface area contributed by atoms with Crippen molar-refractivity contribution >= 4 is 43.7 Å². The van der Waals surface area contributed by atoms with Gasteiger partial charge in [0.1, 0.15) is 5.75 Å². The second-order valence-electron chi connectivity index (χ2n) is 10.2. The highest BCUT2D eigenvalue weighted by molar-refractivity contribution is 9.10. The van der Waals surface area contributed by atoms with Crippen LogP contribution in [-0.2, 0) is 22.5 Å². The highest BCUT2D eigenvalue weighted by Crippen LogP contribution is 2.43. The minimum Gasteiger partial charge on any atom is -0.494 e. The van der Waals surface area contributed by atoms with E-state index in [0.29, 0.717) is 29.9 Å².